The molecule has 0 aliphatic heterocycles. The van der Waals surface area contributed by atoms with E-state index in [4.69, 9.17) is 0 Å². The van der Waals surface area contributed by atoms with E-state index in [1.54, 1.807) is 0 Å². The maximum Gasteiger partial charge on any atom is -0.0182 e. The molecule has 0 saturated carbocycles. The van der Waals surface area contributed by atoms with Crippen molar-refractivity contribution < 1.29 is 0 Å². The van der Waals surface area contributed by atoms with Crippen LogP contribution >= 0.6 is 0 Å². The van der Waals surface area contributed by atoms with Gasteiger partial charge < -0.3 is 0 Å². The molecule has 1 aliphatic rings. The SMILES string of the molecule is CC1CC(C)(C)Cc2ccccccccc21. The van der Waals surface area contributed by atoms with E-state index < -0.39 is 0 Å². The van der Waals surface area contributed by atoms with Gasteiger partial charge in [-0.3, -0.25) is 0 Å². The highest BCUT2D eigenvalue weighted by Crippen LogP contribution is 2.40. The minimum atomic E-state index is 0.431. The second kappa shape index (κ2) is 4.91. The maximum absolute atomic E-state index is 2.37. The van der Waals surface area contributed by atoms with Crippen LogP contribution in [0, 0.1) is 5.41 Å². The molecule has 1 aliphatic carbocycles. The van der Waals surface area contributed by atoms with Gasteiger partial charge in [0.2, 0.25) is 0 Å². The monoisotopic (exact) mass is 226 g/mol. The summed E-state index contributed by atoms with van der Waals surface area (Å²) in [6.45, 7) is 7.10. The molecule has 0 heteroatoms. The first kappa shape index (κ1) is 12.2. The van der Waals surface area contributed by atoms with Crippen LogP contribution in [0.1, 0.15) is 44.2 Å². The maximum atomic E-state index is 2.37. The lowest BCUT2D eigenvalue weighted by Crippen LogP contribution is -2.23. The van der Waals surface area contributed by atoms with Crippen LogP contribution in [0.15, 0.2) is 48.5 Å². The average Bonchev–Trinajstić information content (AvgIpc) is 2.24. The molecule has 2 rings (SSSR count). The molecule has 0 bridgehead atoms. The van der Waals surface area contributed by atoms with E-state index in [1.807, 2.05) is 0 Å². The lowest BCUT2D eigenvalue weighted by atomic mass is 9.70. The van der Waals surface area contributed by atoms with Crippen LogP contribution in [-0.4, -0.2) is 0 Å². The summed E-state index contributed by atoms with van der Waals surface area (Å²) in [5.41, 5.74) is 3.45. The molecule has 0 saturated heterocycles. The predicted molar refractivity (Wildman–Crippen MR) is 74.6 cm³/mol. The van der Waals surface area contributed by atoms with Gasteiger partial charge in [0, 0.05) is 0 Å². The second-order valence-electron chi connectivity index (χ2n) is 5.91. The molecule has 1 atom stereocenters. The van der Waals surface area contributed by atoms with Gasteiger partial charge in [-0.1, -0.05) is 69.3 Å². The van der Waals surface area contributed by atoms with Gasteiger partial charge >= 0.3 is 0 Å². The Kier molecular flexibility index (Phi) is 3.51. The van der Waals surface area contributed by atoms with Crippen molar-refractivity contribution in [1.82, 2.24) is 0 Å². The summed E-state index contributed by atoms with van der Waals surface area (Å²) in [4.78, 5) is 0. The van der Waals surface area contributed by atoms with Gasteiger partial charge in [-0.2, -0.15) is 0 Å². The van der Waals surface area contributed by atoms with Gasteiger partial charge in [0.05, 0.1) is 0 Å². The molecule has 1 aromatic rings. The highest BCUT2D eigenvalue weighted by atomic mass is 14.3. The zero-order chi connectivity index (χ0) is 12.3. The smallest absolute Gasteiger partial charge is 0.0182 e. The second-order valence-corrected chi connectivity index (χ2v) is 5.91. The Morgan fingerprint density at radius 3 is 2.24 bits per heavy atom. The van der Waals surface area contributed by atoms with Crippen molar-refractivity contribution >= 4 is 0 Å². The molecule has 1 aromatic carbocycles. The van der Waals surface area contributed by atoms with Crippen LogP contribution in [0.5, 0.6) is 0 Å². The molecule has 0 N–H and O–H groups in total. The van der Waals surface area contributed by atoms with Crippen molar-refractivity contribution in [3.63, 3.8) is 0 Å². The molecule has 0 aromatic heterocycles. The summed E-state index contributed by atoms with van der Waals surface area (Å²) in [7, 11) is 0. The topological polar surface area (TPSA) is 0 Å². The number of hydrogen-bond acceptors (Lipinski definition) is 0. The van der Waals surface area contributed by atoms with Crippen LogP contribution < -0.4 is 0 Å². The summed E-state index contributed by atoms with van der Waals surface area (Å²) >= 11 is 0. The third-order valence-electron chi connectivity index (χ3n) is 3.56. The zero-order valence-corrected chi connectivity index (χ0v) is 11.1. The van der Waals surface area contributed by atoms with Crippen molar-refractivity contribution in [2.24, 2.45) is 5.41 Å². The summed E-state index contributed by atoms with van der Waals surface area (Å²) in [6.07, 6.45) is 2.47. The molecule has 0 nitrogen and oxygen atoms in total. The standard InChI is InChI=1S/C17H22/c1-14-12-17(2,3)13-15-10-8-6-4-5-7-9-11-16(14)15/h4-11,14H,12-13H2,1-3H3. The minimum Gasteiger partial charge on any atom is -0.0623 e. The van der Waals surface area contributed by atoms with E-state index in [9.17, 15) is 0 Å². The van der Waals surface area contributed by atoms with Crippen LogP contribution in [0.4, 0.5) is 0 Å². The van der Waals surface area contributed by atoms with E-state index in [0.717, 1.165) is 0 Å². The Morgan fingerprint density at radius 2 is 1.53 bits per heavy atom. The van der Waals surface area contributed by atoms with Crippen molar-refractivity contribution in [2.45, 2.75) is 39.5 Å². The third kappa shape index (κ3) is 3.09. The third-order valence-corrected chi connectivity index (χ3v) is 3.56. The van der Waals surface area contributed by atoms with Gasteiger partial charge in [-0.25, -0.2) is 0 Å². The Balaban J connectivity index is 2.55. The Bertz CT molecular complexity index is 442. The summed E-state index contributed by atoms with van der Waals surface area (Å²) < 4.78 is 0. The van der Waals surface area contributed by atoms with E-state index in [2.05, 4.69) is 69.3 Å². The molecule has 0 spiro atoms. The van der Waals surface area contributed by atoms with Gasteiger partial charge in [-0.05, 0) is 35.3 Å². The van der Waals surface area contributed by atoms with E-state index in [-0.39, 0.29) is 0 Å². The largest absolute Gasteiger partial charge is 0.0623 e. The normalized spacial score (nSPS) is 21.2. The fourth-order valence-electron chi connectivity index (χ4n) is 2.96. The quantitative estimate of drug-likeness (QED) is 0.591. The fourth-order valence-corrected chi connectivity index (χ4v) is 2.96. The molecule has 0 fully saturated rings. The lowest BCUT2D eigenvalue weighted by molar-refractivity contribution is 0.288. The number of rotatable bonds is 0. The van der Waals surface area contributed by atoms with Gasteiger partial charge in [0.1, 0.15) is 0 Å². The molecule has 17 heavy (non-hydrogen) atoms. The van der Waals surface area contributed by atoms with Gasteiger partial charge in [-0.15, -0.1) is 0 Å². The Labute approximate surface area is 105 Å². The van der Waals surface area contributed by atoms with Crippen LogP contribution in [0.2, 0.25) is 0 Å². The number of fused-ring (bicyclic) bond motifs is 1. The van der Waals surface area contributed by atoms with E-state index in [0.29, 0.717) is 11.3 Å². The highest BCUT2D eigenvalue weighted by Gasteiger charge is 2.28. The first-order valence-electron chi connectivity index (χ1n) is 6.50. The van der Waals surface area contributed by atoms with E-state index >= 15 is 0 Å². The summed E-state index contributed by atoms with van der Waals surface area (Å²) in [5, 5.41) is 0. The lowest BCUT2D eigenvalue weighted by Gasteiger charge is -2.35. The number of hydrogen-bond donors (Lipinski definition) is 0. The average molecular weight is 226 g/mol. The zero-order valence-electron chi connectivity index (χ0n) is 11.1. The van der Waals surface area contributed by atoms with Gasteiger partial charge in [0.25, 0.3) is 0 Å². The highest BCUT2D eigenvalue weighted by molar-refractivity contribution is 5.31. The predicted octanol–water partition coefficient (Wildman–Crippen LogP) is 4.89. The molecule has 1 unspecified atom stereocenters. The van der Waals surface area contributed by atoms with Crippen molar-refractivity contribution in [1.29, 1.82) is 0 Å². The molecular formula is C17H22. The summed E-state index contributed by atoms with van der Waals surface area (Å²) in [5.74, 6) is 0.659. The van der Waals surface area contributed by atoms with Crippen molar-refractivity contribution in [2.75, 3.05) is 0 Å². The Morgan fingerprint density at radius 1 is 0.941 bits per heavy atom. The van der Waals surface area contributed by atoms with Crippen molar-refractivity contribution in [3.05, 3.63) is 59.7 Å². The minimum absolute atomic E-state index is 0.431. The van der Waals surface area contributed by atoms with Gasteiger partial charge in [0.15, 0.2) is 0 Å². The van der Waals surface area contributed by atoms with E-state index in [1.165, 1.54) is 24.0 Å². The first-order chi connectivity index (χ1) is 8.08. The van der Waals surface area contributed by atoms with Crippen molar-refractivity contribution in [3.8, 4) is 0 Å². The Hall–Kier alpha value is -1.30. The molecule has 90 valence electrons. The molecule has 0 radical (unpaired) electrons. The fraction of sp³-hybridized carbons (Fsp3) is 0.412. The summed E-state index contributed by atoms with van der Waals surface area (Å²) in [6, 6.07) is 17.2. The van der Waals surface area contributed by atoms with Crippen LogP contribution in [0.25, 0.3) is 0 Å². The molecular weight excluding hydrogens is 204 g/mol. The molecule has 0 heterocycles. The molecule has 0 amide bonds. The van der Waals surface area contributed by atoms with Crippen LogP contribution in [0.3, 0.4) is 0 Å². The first-order valence-corrected chi connectivity index (χ1v) is 6.50. The van der Waals surface area contributed by atoms with Crippen LogP contribution in [-0.2, 0) is 6.42 Å².